The summed E-state index contributed by atoms with van der Waals surface area (Å²) < 4.78 is 2.42. The summed E-state index contributed by atoms with van der Waals surface area (Å²) in [6.45, 7) is 4.89. The Kier molecular flexibility index (Phi) is 2.98. The van der Waals surface area contributed by atoms with E-state index in [0.29, 0.717) is 23.0 Å². The maximum atomic E-state index is 11.9. The molecule has 0 aliphatic heterocycles. The van der Waals surface area contributed by atoms with E-state index >= 15 is 0 Å². The molecule has 7 heteroatoms. The molecule has 0 spiro atoms. The zero-order chi connectivity index (χ0) is 13.4. The molecule has 0 aliphatic carbocycles. The van der Waals surface area contributed by atoms with Gasteiger partial charge in [-0.05, 0) is 5.92 Å². The summed E-state index contributed by atoms with van der Waals surface area (Å²) in [4.78, 5) is 30.8. The fourth-order valence-electron chi connectivity index (χ4n) is 1.71. The van der Waals surface area contributed by atoms with Gasteiger partial charge in [-0.1, -0.05) is 13.8 Å². The lowest BCUT2D eigenvalue weighted by Crippen LogP contribution is -2.36. The monoisotopic (exact) mass is 251 g/mol. The molecule has 0 amide bonds. The summed E-state index contributed by atoms with van der Waals surface area (Å²) in [6, 6.07) is 0. The van der Waals surface area contributed by atoms with Crippen molar-refractivity contribution < 1.29 is 0 Å². The van der Waals surface area contributed by atoms with Crippen LogP contribution in [0.5, 0.6) is 0 Å². The van der Waals surface area contributed by atoms with E-state index in [-0.39, 0.29) is 11.2 Å². The number of rotatable bonds is 3. The van der Waals surface area contributed by atoms with Gasteiger partial charge in [-0.15, -0.1) is 0 Å². The summed E-state index contributed by atoms with van der Waals surface area (Å²) in [5.41, 5.74) is -0.0344. The van der Waals surface area contributed by atoms with Crippen molar-refractivity contribution in [3.8, 4) is 0 Å². The van der Waals surface area contributed by atoms with Gasteiger partial charge in [0.05, 0.1) is 0 Å². The van der Waals surface area contributed by atoms with Crippen molar-refractivity contribution in [2.45, 2.75) is 13.8 Å². The van der Waals surface area contributed by atoms with E-state index in [9.17, 15) is 9.59 Å². The molecule has 2 rings (SSSR count). The molecule has 0 saturated carbocycles. The topological polar surface area (TPSA) is 84.7 Å². The Morgan fingerprint density at radius 1 is 1.28 bits per heavy atom. The molecule has 0 fully saturated rings. The van der Waals surface area contributed by atoms with E-state index < -0.39 is 0 Å². The van der Waals surface area contributed by atoms with Crippen molar-refractivity contribution in [1.29, 1.82) is 0 Å². The van der Waals surface area contributed by atoms with Crippen LogP contribution in [0.2, 0.25) is 0 Å². The number of nitrogens with one attached hydrogen (secondary N) is 2. The van der Waals surface area contributed by atoms with Crippen LogP contribution in [0.25, 0.3) is 11.2 Å². The summed E-state index contributed by atoms with van der Waals surface area (Å²) in [5.74, 6) is 0.974. The Morgan fingerprint density at radius 3 is 2.56 bits per heavy atom. The van der Waals surface area contributed by atoms with Crippen LogP contribution >= 0.6 is 0 Å². The van der Waals surface area contributed by atoms with E-state index in [4.69, 9.17) is 0 Å². The highest BCUT2D eigenvalue weighted by Gasteiger charge is 2.13. The molecule has 18 heavy (non-hydrogen) atoms. The maximum absolute atomic E-state index is 11.9. The minimum Gasteiger partial charge on any atom is -0.355 e. The van der Waals surface area contributed by atoms with Gasteiger partial charge in [-0.3, -0.25) is 13.9 Å². The minimum absolute atomic E-state index is 0.339. The van der Waals surface area contributed by atoms with Crippen LogP contribution in [0.15, 0.2) is 9.59 Å². The van der Waals surface area contributed by atoms with Gasteiger partial charge in [0, 0.05) is 20.6 Å². The number of nitrogens with zero attached hydrogens (tertiary/aromatic N) is 3. The molecule has 2 heterocycles. The van der Waals surface area contributed by atoms with E-state index in [0.717, 1.165) is 11.1 Å². The molecular weight excluding hydrogens is 234 g/mol. The highest BCUT2D eigenvalue weighted by Crippen LogP contribution is 2.08. The number of aromatic nitrogens is 4. The van der Waals surface area contributed by atoms with Gasteiger partial charge >= 0.3 is 5.69 Å². The largest absolute Gasteiger partial charge is 0.355 e. The first-order valence-corrected chi connectivity index (χ1v) is 5.81. The second-order valence-electron chi connectivity index (χ2n) is 4.76. The molecule has 0 aromatic carbocycles. The van der Waals surface area contributed by atoms with Gasteiger partial charge < -0.3 is 10.3 Å². The second kappa shape index (κ2) is 4.32. The van der Waals surface area contributed by atoms with Crippen molar-refractivity contribution in [2.24, 2.45) is 20.0 Å². The van der Waals surface area contributed by atoms with Gasteiger partial charge in [-0.25, -0.2) is 4.79 Å². The molecule has 0 bridgehead atoms. The number of aryl methyl sites for hydroxylation is 1. The van der Waals surface area contributed by atoms with E-state index in [1.807, 2.05) is 0 Å². The summed E-state index contributed by atoms with van der Waals surface area (Å²) >= 11 is 0. The number of anilines is 1. The van der Waals surface area contributed by atoms with Gasteiger partial charge in [0.15, 0.2) is 11.2 Å². The SMILES string of the molecule is CC(C)CNc1nc2c([nH]1)c(=O)n(C)c(=O)n2C. The predicted molar refractivity (Wildman–Crippen MR) is 69.9 cm³/mol. The highest BCUT2D eigenvalue weighted by atomic mass is 16.2. The standard InChI is InChI=1S/C11H17N5O2/c1-6(2)5-12-10-13-7-8(14-10)15(3)11(18)16(4)9(7)17/h6H,5H2,1-4H3,(H2,12,13,14). The maximum Gasteiger partial charge on any atom is 0.332 e. The molecule has 0 saturated heterocycles. The third-order valence-corrected chi connectivity index (χ3v) is 2.77. The van der Waals surface area contributed by atoms with Gasteiger partial charge in [0.1, 0.15) is 0 Å². The Labute approximate surface area is 103 Å². The Hall–Kier alpha value is -2.05. The van der Waals surface area contributed by atoms with Crippen molar-refractivity contribution in [3.05, 3.63) is 20.8 Å². The van der Waals surface area contributed by atoms with Crippen LogP contribution in [0.1, 0.15) is 13.8 Å². The smallest absolute Gasteiger partial charge is 0.332 e. The van der Waals surface area contributed by atoms with Crippen LogP contribution in [-0.2, 0) is 14.1 Å². The number of imidazole rings is 1. The quantitative estimate of drug-likeness (QED) is 0.806. The molecule has 2 aromatic rings. The van der Waals surface area contributed by atoms with Crippen LogP contribution in [0.3, 0.4) is 0 Å². The molecule has 0 unspecified atom stereocenters. The zero-order valence-electron chi connectivity index (χ0n) is 10.9. The van der Waals surface area contributed by atoms with Gasteiger partial charge in [0.25, 0.3) is 5.56 Å². The lowest BCUT2D eigenvalue weighted by atomic mass is 10.2. The summed E-state index contributed by atoms with van der Waals surface area (Å²) in [6.07, 6.45) is 0. The third kappa shape index (κ3) is 1.92. The molecule has 98 valence electrons. The molecule has 7 nitrogen and oxygen atoms in total. The van der Waals surface area contributed by atoms with Gasteiger partial charge in [-0.2, -0.15) is 4.98 Å². The van der Waals surface area contributed by atoms with Crippen LogP contribution in [-0.4, -0.2) is 25.6 Å². The number of H-pyrrole nitrogens is 1. The summed E-state index contributed by atoms with van der Waals surface area (Å²) in [5, 5.41) is 3.10. The van der Waals surface area contributed by atoms with Crippen molar-refractivity contribution in [3.63, 3.8) is 0 Å². The summed E-state index contributed by atoms with van der Waals surface area (Å²) in [7, 11) is 3.04. The Bertz CT molecular complexity index is 692. The van der Waals surface area contributed by atoms with Crippen LogP contribution in [0.4, 0.5) is 5.95 Å². The number of fused-ring (bicyclic) bond motifs is 1. The highest BCUT2D eigenvalue weighted by molar-refractivity contribution is 5.72. The predicted octanol–water partition coefficient (Wildman–Crippen LogP) is 0.0282. The first-order chi connectivity index (χ1) is 8.41. The molecular formula is C11H17N5O2. The fourth-order valence-corrected chi connectivity index (χ4v) is 1.71. The molecule has 0 aliphatic rings. The lowest BCUT2D eigenvalue weighted by Gasteiger charge is -2.04. The fraction of sp³-hybridized carbons (Fsp3) is 0.545. The average Bonchev–Trinajstić information content (AvgIpc) is 2.75. The Morgan fingerprint density at radius 2 is 1.94 bits per heavy atom. The van der Waals surface area contributed by atoms with Crippen LogP contribution < -0.4 is 16.6 Å². The lowest BCUT2D eigenvalue weighted by molar-refractivity contribution is 0.685. The first kappa shape index (κ1) is 12.4. The van der Waals surface area contributed by atoms with E-state index in [1.54, 1.807) is 7.05 Å². The van der Waals surface area contributed by atoms with Crippen molar-refractivity contribution >= 4 is 17.1 Å². The zero-order valence-corrected chi connectivity index (χ0v) is 10.9. The molecule has 0 atom stereocenters. The third-order valence-electron chi connectivity index (χ3n) is 2.77. The van der Waals surface area contributed by atoms with Crippen LogP contribution in [0, 0.1) is 5.92 Å². The molecule has 2 N–H and O–H groups in total. The number of aromatic amines is 1. The first-order valence-electron chi connectivity index (χ1n) is 5.81. The average molecular weight is 251 g/mol. The molecule has 2 aromatic heterocycles. The minimum atomic E-state index is -0.380. The van der Waals surface area contributed by atoms with E-state index in [1.165, 1.54) is 11.6 Å². The Balaban J connectivity index is 2.58. The normalized spacial score (nSPS) is 11.4. The van der Waals surface area contributed by atoms with Crippen molar-refractivity contribution in [1.82, 2.24) is 19.1 Å². The van der Waals surface area contributed by atoms with Gasteiger partial charge in [0.2, 0.25) is 5.95 Å². The van der Waals surface area contributed by atoms with E-state index in [2.05, 4.69) is 29.1 Å². The second-order valence-corrected chi connectivity index (χ2v) is 4.76. The molecule has 0 radical (unpaired) electrons. The number of hydrogen-bond donors (Lipinski definition) is 2. The van der Waals surface area contributed by atoms with Crippen molar-refractivity contribution in [2.75, 3.05) is 11.9 Å². The number of hydrogen-bond acceptors (Lipinski definition) is 4.